The van der Waals surface area contributed by atoms with E-state index in [9.17, 15) is 30.9 Å². The first-order valence-electron chi connectivity index (χ1n) is 8.29. The van der Waals surface area contributed by atoms with Gasteiger partial charge in [-0.25, -0.2) is 0 Å². The number of rotatable bonds is 10. The van der Waals surface area contributed by atoms with Crippen LogP contribution in [0.5, 0.6) is 5.75 Å². The van der Waals surface area contributed by atoms with Crippen LogP contribution in [-0.2, 0) is 11.2 Å². The van der Waals surface area contributed by atoms with E-state index in [0.717, 1.165) is 5.56 Å². The third-order valence-corrected chi connectivity index (χ3v) is 5.91. The molecule has 156 valence electrons. The maximum atomic E-state index is 12.5. The zero-order chi connectivity index (χ0) is 20.7. The number of hydrogen-bond acceptors (Lipinski definition) is 3. The quantitative estimate of drug-likeness (QED) is 0.250. The normalized spacial score (nSPS) is 13.7. The first-order valence-corrected chi connectivity index (χ1v) is 10.6. The summed E-state index contributed by atoms with van der Waals surface area (Å²) in [6.45, 7) is 3.63. The molecular weight excluding hydrogens is 414 g/mol. The molecule has 0 spiro atoms. The van der Waals surface area contributed by atoms with Crippen molar-refractivity contribution in [1.29, 1.82) is 0 Å². The lowest BCUT2D eigenvalue weighted by atomic mass is 10.1. The molecule has 0 saturated heterocycles. The molecule has 1 atom stereocenters. The van der Waals surface area contributed by atoms with E-state index in [2.05, 4.69) is 0 Å². The third-order valence-electron chi connectivity index (χ3n) is 3.57. The number of hydrogen-bond donors (Lipinski definition) is 0. The maximum absolute atomic E-state index is 12.5. The van der Waals surface area contributed by atoms with Crippen molar-refractivity contribution in [2.24, 2.45) is 0 Å². The topological polar surface area (TPSA) is 32.3 Å². The van der Waals surface area contributed by atoms with Gasteiger partial charge in [0.15, 0.2) is 4.90 Å². The number of ether oxygens (including phenoxy) is 1. The summed E-state index contributed by atoms with van der Waals surface area (Å²) in [5, 5.41) is 0. The Balaban J connectivity index is 2.45. The van der Waals surface area contributed by atoms with Gasteiger partial charge in [-0.15, -0.1) is 0 Å². The minimum absolute atomic E-state index is 0.0236. The van der Waals surface area contributed by atoms with Gasteiger partial charge in [-0.05, 0) is 49.5 Å². The molecule has 0 aliphatic rings. The van der Waals surface area contributed by atoms with Crippen molar-refractivity contribution in [2.75, 3.05) is 18.1 Å². The molecule has 0 fully saturated rings. The van der Waals surface area contributed by atoms with E-state index >= 15 is 0 Å². The summed E-state index contributed by atoms with van der Waals surface area (Å²) in [4.78, 5) is 0.0945. The van der Waals surface area contributed by atoms with E-state index in [0.29, 0.717) is 43.6 Å². The fourth-order valence-electron chi connectivity index (χ4n) is 2.37. The van der Waals surface area contributed by atoms with Gasteiger partial charge in [-0.3, -0.25) is 0 Å². The Labute approximate surface area is 162 Å². The fourth-order valence-corrected chi connectivity index (χ4v) is 4.06. The van der Waals surface area contributed by atoms with Crippen molar-refractivity contribution in [3.8, 4) is 5.75 Å². The van der Waals surface area contributed by atoms with Gasteiger partial charge in [-0.2, -0.15) is 26.3 Å². The molecule has 1 rings (SSSR count). The molecule has 0 N–H and O–H groups in total. The van der Waals surface area contributed by atoms with Crippen LogP contribution in [0.15, 0.2) is 17.0 Å². The summed E-state index contributed by atoms with van der Waals surface area (Å²) in [7, 11) is 0. The van der Waals surface area contributed by atoms with Crippen LogP contribution in [0.2, 0.25) is 0 Å². The molecule has 2 nitrogen and oxygen atoms in total. The first kappa shape index (κ1) is 24.3. The summed E-state index contributed by atoms with van der Waals surface area (Å²) in [6.07, 6.45) is -2.12. The lowest BCUT2D eigenvalue weighted by Gasteiger charge is -2.17. The van der Waals surface area contributed by atoms with Gasteiger partial charge in [0.1, 0.15) is 5.75 Å². The fraction of sp³-hybridized carbons (Fsp3) is 0.647. The summed E-state index contributed by atoms with van der Waals surface area (Å²) in [5.41, 5.74) is -2.97. The second kappa shape index (κ2) is 10.7. The van der Waals surface area contributed by atoms with Gasteiger partial charge in [0.2, 0.25) is 5.75 Å². The van der Waals surface area contributed by atoms with E-state index in [1.807, 2.05) is 0 Å². The van der Waals surface area contributed by atoms with Crippen LogP contribution >= 0.6 is 11.8 Å². The minimum Gasteiger partial charge on any atom is -0.611 e. The SMILES string of the molecule is Cc1cc(C)c([S+]([O-])CC(F)(F)F)cc1OCCCCCCSC(F)(F)F. The highest BCUT2D eigenvalue weighted by molar-refractivity contribution is 8.00. The molecule has 10 heteroatoms. The Morgan fingerprint density at radius 3 is 2.19 bits per heavy atom. The van der Waals surface area contributed by atoms with Crippen LogP contribution in [0.25, 0.3) is 0 Å². The Morgan fingerprint density at radius 2 is 1.59 bits per heavy atom. The maximum Gasteiger partial charge on any atom is 0.441 e. The van der Waals surface area contributed by atoms with Gasteiger partial charge in [0.05, 0.1) is 6.61 Å². The van der Waals surface area contributed by atoms with Crippen molar-refractivity contribution in [3.05, 3.63) is 23.3 Å². The summed E-state index contributed by atoms with van der Waals surface area (Å²) in [6, 6.07) is 3.01. The summed E-state index contributed by atoms with van der Waals surface area (Å²) < 4.78 is 90.8. The lowest BCUT2D eigenvalue weighted by Crippen LogP contribution is -2.23. The Bertz CT molecular complexity index is 590. The molecule has 0 aromatic heterocycles. The van der Waals surface area contributed by atoms with Gasteiger partial charge >= 0.3 is 11.7 Å². The average molecular weight is 436 g/mol. The smallest absolute Gasteiger partial charge is 0.441 e. The molecule has 1 unspecified atom stereocenters. The van der Waals surface area contributed by atoms with Crippen LogP contribution in [-0.4, -0.2) is 34.3 Å². The Hall–Kier alpha value is -0.740. The number of alkyl halides is 6. The minimum atomic E-state index is -4.52. The van der Waals surface area contributed by atoms with E-state index in [1.165, 1.54) is 6.07 Å². The van der Waals surface area contributed by atoms with Crippen molar-refractivity contribution < 1.29 is 35.6 Å². The van der Waals surface area contributed by atoms with Crippen molar-refractivity contribution >= 4 is 22.9 Å². The zero-order valence-electron chi connectivity index (χ0n) is 15.0. The number of unbranched alkanes of at least 4 members (excludes halogenated alkanes) is 3. The molecule has 0 amide bonds. The van der Waals surface area contributed by atoms with Crippen LogP contribution < -0.4 is 4.74 Å². The van der Waals surface area contributed by atoms with Crippen molar-refractivity contribution in [2.45, 2.75) is 56.1 Å². The highest BCUT2D eigenvalue weighted by atomic mass is 32.2. The summed E-state index contributed by atoms with van der Waals surface area (Å²) in [5.74, 6) is -1.01. The van der Waals surface area contributed by atoms with E-state index in [-0.39, 0.29) is 22.4 Å². The molecule has 0 heterocycles. The van der Waals surface area contributed by atoms with E-state index in [1.54, 1.807) is 19.9 Å². The zero-order valence-corrected chi connectivity index (χ0v) is 16.6. The van der Waals surface area contributed by atoms with E-state index < -0.39 is 28.6 Å². The standard InChI is InChI=1S/C17H22F6O2S2/c1-12-9-13(2)15(27(24)11-16(18,19)20)10-14(12)25-7-5-3-4-6-8-26-17(21,22)23/h9-10H,3-8,11H2,1-2H3. The van der Waals surface area contributed by atoms with Crippen LogP contribution in [0.4, 0.5) is 26.3 Å². The van der Waals surface area contributed by atoms with Crippen LogP contribution in [0.1, 0.15) is 36.8 Å². The molecule has 0 saturated carbocycles. The monoisotopic (exact) mass is 436 g/mol. The lowest BCUT2D eigenvalue weighted by molar-refractivity contribution is -0.106. The first-order chi connectivity index (χ1) is 12.4. The molecule has 0 aliphatic heterocycles. The molecule has 1 aromatic carbocycles. The molecule has 0 bridgehead atoms. The molecular formula is C17H22F6O2S2. The largest absolute Gasteiger partial charge is 0.611 e. The molecule has 0 radical (unpaired) electrons. The van der Waals surface area contributed by atoms with Gasteiger partial charge in [-0.1, -0.05) is 24.6 Å². The predicted octanol–water partition coefficient (Wildman–Crippen LogP) is 6.17. The summed E-state index contributed by atoms with van der Waals surface area (Å²) >= 11 is -2.24. The van der Waals surface area contributed by atoms with E-state index in [4.69, 9.17) is 4.74 Å². The van der Waals surface area contributed by atoms with Crippen molar-refractivity contribution in [1.82, 2.24) is 0 Å². The van der Waals surface area contributed by atoms with Crippen LogP contribution in [0, 0.1) is 13.8 Å². The predicted molar refractivity (Wildman–Crippen MR) is 95.7 cm³/mol. The van der Waals surface area contributed by atoms with Crippen molar-refractivity contribution in [3.63, 3.8) is 0 Å². The number of benzene rings is 1. The molecule has 0 aliphatic carbocycles. The highest BCUT2D eigenvalue weighted by Crippen LogP contribution is 2.31. The third kappa shape index (κ3) is 10.4. The Morgan fingerprint density at radius 1 is 0.963 bits per heavy atom. The second-order valence-electron chi connectivity index (χ2n) is 6.05. The molecule has 27 heavy (non-hydrogen) atoms. The van der Waals surface area contributed by atoms with Gasteiger partial charge in [0.25, 0.3) is 0 Å². The number of thioether (sulfide) groups is 1. The van der Waals surface area contributed by atoms with Crippen LogP contribution in [0.3, 0.4) is 0 Å². The van der Waals surface area contributed by atoms with Gasteiger partial charge in [0, 0.05) is 17.4 Å². The number of halogens is 6. The average Bonchev–Trinajstić information content (AvgIpc) is 2.48. The molecule has 1 aromatic rings. The number of aryl methyl sites for hydroxylation is 2. The Kier molecular flexibility index (Phi) is 9.64. The van der Waals surface area contributed by atoms with Gasteiger partial charge < -0.3 is 9.29 Å². The second-order valence-corrected chi connectivity index (χ2v) is 8.62. The highest BCUT2D eigenvalue weighted by Gasteiger charge is 2.36.